The minimum Gasteiger partial charge on any atom is -0.377 e. The molecule has 1 aromatic rings. The quantitative estimate of drug-likeness (QED) is 0.681. The van der Waals surface area contributed by atoms with E-state index in [0.717, 1.165) is 36.9 Å². The summed E-state index contributed by atoms with van der Waals surface area (Å²) in [5, 5.41) is 5.76. The van der Waals surface area contributed by atoms with Gasteiger partial charge in [-0.05, 0) is 24.5 Å². The van der Waals surface area contributed by atoms with Crippen molar-refractivity contribution < 1.29 is 9.53 Å². The van der Waals surface area contributed by atoms with Crippen molar-refractivity contribution >= 4 is 6.03 Å². The molecule has 1 rings (SSSR count). The Hall–Kier alpha value is -1.55. The lowest BCUT2D eigenvalue weighted by Crippen LogP contribution is -2.35. The van der Waals surface area contributed by atoms with Crippen LogP contribution in [0.2, 0.25) is 0 Å². The summed E-state index contributed by atoms with van der Waals surface area (Å²) in [6, 6.07) is 7.92. The lowest BCUT2D eigenvalue weighted by atomic mass is 10.1. The second kappa shape index (κ2) is 10.3. The van der Waals surface area contributed by atoms with Crippen LogP contribution in [0.3, 0.4) is 0 Å². The highest BCUT2D eigenvalue weighted by Gasteiger charge is 2.04. The highest BCUT2D eigenvalue weighted by molar-refractivity contribution is 5.73. The van der Waals surface area contributed by atoms with Gasteiger partial charge in [-0.15, -0.1) is 0 Å². The molecule has 0 atom stereocenters. The van der Waals surface area contributed by atoms with Gasteiger partial charge in [0, 0.05) is 19.7 Å². The Bertz CT molecular complexity index is 394. The third kappa shape index (κ3) is 6.57. The molecule has 4 nitrogen and oxygen atoms in total. The first-order valence-corrected chi connectivity index (χ1v) is 7.44. The Morgan fingerprint density at radius 2 is 1.85 bits per heavy atom. The molecule has 0 unspecified atom stereocenters. The molecule has 112 valence electrons. The second-order valence-electron chi connectivity index (χ2n) is 4.72. The van der Waals surface area contributed by atoms with E-state index in [1.807, 2.05) is 31.2 Å². The van der Waals surface area contributed by atoms with Crippen LogP contribution in [-0.2, 0) is 17.9 Å². The van der Waals surface area contributed by atoms with E-state index >= 15 is 0 Å². The van der Waals surface area contributed by atoms with Gasteiger partial charge in [0.15, 0.2) is 0 Å². The number of hydrogen-bond acceptors (Lipinski definition) is 2. The molecule has 0 saturated carbocycles. The Balaban J connectivity index is 2.35. The summed E-state index contributed by atoms with van der Waals surface area (Å²) in [5.41, 5.74) is 2.23. The van der Waals surface area contributed by atoms with Gasteiger partial charge in [0.1, 0.15) is 0 Å². The summed E-state index contributed by atoms with van der Waals surface area (Å²) in [6.07, 6.45) is 3.34. The third-order valence-corrected chi connectivity index (χ3v) is 3.09. The first-order valence-electron chi connectivity index (χ1n) is 7.44. The summed E-state index contributed by atoms with van der Waals surface area (Å²) in [4.78, 5) is 11.7. The van der Waals surface area contributed by atoms with E-state index in [2.05, 4.69) is 17.6 Å². The van der Waals surface area contributed by atoms with Crippen LogP contribution in [0.1, 0.15) is 44.2 Å². The van der Waals surface area contributed by atoms with E-state index in [-0.39, 0.29) is 6.03 Å². The van der Waals surface area contributed by atoms with E-state index in [4.69, 9.17) is 4.74 Å². The van der Waals surface area contributed by atoms with Crippen molar-refractivity contribution in [3.05, 3.63) is 35.4 Å². The van der Waals surface area contributed by atoms with Gasteiger partial charge >= 0.3 is 6.03 Å². The number of hydrogen-bond donors (Lipinski definition) is 2. The standard InChI is InChI=1S/C16H26N2O2/c1-3-5-8-11-17-16(19)18-12-14-9-6-7-10-15(14)13-20-4-2/h6-7,9-10H,3-5,8,11-13H2,1-2H3,(H2,17,18,19). The number of urea groups is 1. The third-order valence-electron chi connectivity index (χ3n) is 3.09. The molecule has 2 amide bonds. The molecule has 0 spiro atoms. The molecular weight excluding hydrogens is 252 g/mol. The highest BCUT2D eigenvalue weighted by atomic mass is 16.5. The zero-order chi connectivity index (χ0) is 14.6. The molecule has 0 fully saturated rings. The van der Waals surface area contributed by atoms with Crippen LogP contribution >= 0.6 is 0 Å². The normalized spacial score (nSPS) is 10.3. The fourth-order valence-corrected chi connectivity index (χ4v) is 1.90. The molecule has 0 aliphatic rings. The molecule has 1 aromatic carbocycles. The van der Waals surface area contributed by atoms with E-state index in [1.54, 1.807) is 0 Å². The Morgan fingerprint density at radius 1 is 1.10 bits per heavy atom. The first-order chi connectivity index (χ1) is 9.77. The van der Waals surface area contributed by atoms with Crippen molar-refractivity contribution in [2.24, 2.45) is 0 Å². The van der Waals surface area contributed by atoms with Gasteiger partial charge in [0.05, 0.1) is 6.61 Å². The van der Waals surface area contributed by atoms with Gasteiger partial charge in [-0.25, -0.2) is 4.79 Å². The second-order valence-corrected chi connectivity index (χ2v) is 4.72. The maximum absolute atomic E-state index is 11.7. The predicted octanol–water partition coefficient (Wildman–Crippen LogP) is 3.21. The molecular formula is C16H26N2O2. The van der Waals surface area contributed by atoms with E-state index in [9.17, 15) is 4.79 Å². The van der Waals surface area contributed by atoms with Gasteiger partial charge in [-0.2, -0.15) is 0 Å². The zero-order valence-electron chi connectivity index (χ0n) is 12.6. The summed E-state index contributed by atoms with van der Waals surface area (Å²) >= 11 is 0. The van der Waals surface area contributed by atoms with Gasteiger partial charge in [-0.3, -0.25) is 0 Å². The van der Waals surface area contributed by atoms with Crippen LogP contribution in [0, 0.1) is 0 Å². The summed E-state index contributed by atoms with van der Waals surface area (Å²) < 4.78 is 5.43. The fraction of sp³-hybridized carbons (Fsp3) is 0.562. The van der Waals surface area contributed by atoms with Crippen molar-refractivity contribution in [1.29, 1.82) is 0 Å². The molecule has 0 aliphatic carbocycles. The number of benzene rings is 1. The van der Waals surface area contributed by atoms with Gasteiger partial charge in [0.2, 0.25) is 0 Å². The monoisotopic (exact) mass is 278 g/mol. The van der Waals surface area contributed by atoms with Crippen LogP contribution in [0.4, 0.5) is 4.79 Å². The van der Waals surface area contributed by atoms with Crippen LogP contribution in [0.25, 0.3) is 0 Å². The van der Waals surface area contributed by atoms with Crippen LogP contribution in [-0.4, -0.2) is 19.2 Å². The van der Waals surface area contributed by atoms with Crippen molar-refractivity contribution in [3.8, 4) is 0 Å². The summed E-state index contributed by atoms with van der Waals surface area (Å²) in [7, 11) is 0. The van der Waals surface area contributed by atoms with Crippen molar-refractivity contribution in [2.45, 2.75) is 46.3 Å². The van der Waals surface area contributed by atoms with Crippen LogP contribution in [0.5, 0.6) is 0 Å². The number of rotatable bonds is 9. The summed E-state index contributed by atoms with van der Waals surface area (Å²) in [5.74, 6) is 0. The Kier molecular flexibility index (Phi) is 8.47. The molecule has 0 saturated heterocycles. The first kappa shape index (κ1) is 16.5. The largest absolute Gasteiger partial charge is 0.377 e. The number of carbonyl (C=O) groups is 1. The lowest BCUT2D eigenvalue weighted by molar-refractivity contribution is 0.133. The number of unbranched alkanes of at least 4 members (excludes halogenated alkanes) is 2. The van der Waals surface area contributed by atoms with Crippen molar-refractivity contribution in [3.63, 3.8) is 0 Å². The SMILES string of the molecule is CCCCCNC(=O)NCc1ccccc1COCC. The fourth-order valence-electron chi connectivity index (χ4n) is 1.90. The number of nitrogens with one attached hydrogen (secondary N) is 2. The Labute approximate surface area is 121 Å². The molecule has 0 aliphatic heterocycles. The summed E-state index contributed by atoms with van der Waals surface area (Å²) in [6.45, 7) is 6.68. The van der Waals surface area contributed by atoms with E-state index < -0.39 is 0 Å². The maximum atomic E-state index is 11.7. The molecule has 0 aromatic heterocycles. The average molecular weight is 278 g/mol. The number of carbonyl (C=O) groups excluding carboxylic acids is 1. The van der Waals surface area contributed by atoms with Gasteiger partial charge in [0.25, 0.3) is 0 Å². The predicted molar refractivity (Wildman–Crippen MR) is 81.5 cm³/mol. The van der Waals surface area contributed by atoms with E-state index in [1.165, 1.54) is 0 Å². The molecule has 0 heterocycles. The zero-order valence-corrected chi connectivity index (χ0v) is 12.6. The van der Waals surface area contributed by atoms with Gasteiger partial charge in [-0.1, -0.05) is 44.0 Å². The lowest BCUT2D eigenvalue weighted by Gasteiger charge is -2.11. The minimum absolute atomic E-state index is 0.104. The molecule has 4 heteroatoms. The molecule has 20 heavy (non-hydrogen) atoms. The Morgan fingerprint density at radius 3 is 2.55 bits per heavy atom. The van der Waals surface area contributed by atoms with Crippen LogP contribution in [0.15, 0.2) is 24.3 Å². The van der Waals surface area contributed by atoms with Crippen molar-refractivity contribution in [2.75, 3.05) is 13.2 Å². The average Bonchev–Trinajstić information content (AvgIpc) is 2.48. The minimum atomic E-state index is -0.104. The van der Waals surface area contributed by atoms with E-state index in [0.29, 0.717) is 19.8 Å². The highest BCUT2D eigenvalue weighted by Crippen LogP contribution is 2.09. The maximum Gasteiger partial charge on any atom is 0.315 e. The van der Waals surface area contributed by atoms with Gasteiger partial charge < -0.3 is 15.4 Å². The number of ether oxygens (including phenoxy) is 1. The molecule has 2 N–H and O–H groups in total. The molecule has 0 bridgehead atoms. The van der Waals surface area contributed by atoms with Crippen LogP contribution < -0.4 is 10.6 Å². The topological polar surface area (TPSA) is 50.4 Å². The number of amides is 2. The smallest absolute Gasteiger partial charge is 0.315 e. The molecule has 0 radical (unpaired) electrons. The van der Waals surface area contributed by atoms with Crippen molar-refractivity contribution in [1.82, 2.24) is 10.6 Å².